The summed E-state index contributed by atoms with van der Waals surface area (Å²) in [5.41, 5.74) is 1.47. The third-order valence-electron chi connectivity index (χ3n) is 3.89. The Morgan fingerprint density at radius 2 is 1.95 bits per heavy atom. The van der Waals surface area contributed by atoms with Crippen molar-refractivity contribution in [2.24, 2.45) is 0 Å². The van der Waals surface area contributed by atoms with Gasteiger partial charge in [0.15, 0.2) is 0 Å². The predicted octanol–water partition coefficient (Wildman–Crippen LogP) is 3.22. The first kappa shape index (κ1) is 16.6. The maximum absolute atomic E-state index is 11.9. The van der Waals surface area contributed by atoms with Crippen molar-refractivity contribution in [2.45, 2.75) is 45.1 Å². The van der Waals surface area contributed by atoms with E-state index < -0.39 is 0 Å². The zero-order valence-corrected chi connectivity index (χ0v) is 13.5. The lowest BCUT2D eigenvalue weighted by Gasteiger charge is -2.22. The van der Waals surface area contributed by atoms with E-state index in [2.05, 4.69) is 16.0 Å². The lowest BCUT2D eigenvalue weighted by molar-refractivity contribution is -0.115. The van der Waals surface area contributed by atoms with Crippen molar-refractivity contribution in [1.29, 1.82) is 0 Å². The molecule has 22 heavy (non-hydrogen) atoms. The van der Waals surface area contributed by atoms with E-state index in [-0.39, 0.29) is 24.5 Å². The first-order valence-electron chi connectivity index (χ1n) is 7.65. The second kappa shape index (κ2) is 8.03. The molecule has 1 aromatic carbocycles. The molecule has 2 rings (SSSR count). The molecule has 3 N–H and O–H groups in total. The molecule has 3 amide bonds. The van der Waals surface area contributed by atoms with Crippen LogP contribution in [0.2, 0.25) is 5.02 Å². The molecular weight excluding hydrogens is 302 g/mol. The van der Waals surface area contributed by atoms with Gasteiger partial charge >= 0.3 is 6.03 Å². The Hall–Kier alpha value is -1.75. The van der Waals surface area contributed by atoms with E-state index in [9.17, 15) is 9.59 Å². The van der Waals surface area contributed by atoms with Gasteiger partial charge in [-0.15, -0.1) is 0 Å². The van der Waals surface area contributed by atoms with Crippen molar-refractivity contribution in [2.75, 3.05) is 11.9 Å². The van der Waals surface area contributed by atoms with E-state index in [0.717, 1.165) is 31.2 Å². The predicted molar refractivity (Wildman–Crippen MR) is 88.2 cm³/mol. The molecule has 6 heteroatoms. The van der Waals surface area contributed by atoms with Gasteiger partial charge < -0.3 is 16.0 Å². The van der Waals surface area contributed by atoms with E-state index in [4.69, 9.17) is 11.6 Å². The number of halogens is 1. The molecule has 1 fully saturated rings. The van der Waals surface area contributed by atoms with Crippen LogP contribution in [0, 0.1) is 6.92 Å². The van der Waals surface area contributed by atoms with Crippen LogP contribution in [-0.4, -0.2) is 24.5 Å². The summed E-state index contributed by atoms with van der Waals surface area (Å²) >= 11 is 6.00. The monoisotopic (exact) mass is 323 g/mol. The second-order valence-corrected chi connectivity index (χ2v) is 6.03. The summed E-state index contributed by atoms with van der Waals surface area (Å²) in [5, 5.41) is 8.84. The average molecular weight is 324 g/mol. The van der Waals surface area contributed by atoms with Crippen LogP contribution in [-0.2, 0) is 4.79 Å². The molecule has 0 heterocycles. The maximum atomic E-state index is 11.9. The van der Waals surface area contributed by atoms with Gasteiger partial charge in [-0.25, -0.2) is 4.79 Å². The van der Waals surface area contributed by atoms with E-state index in [1.165, 1.54) is 6.42 Å². The molecule has 1 aliphatic carbocycles. The van der Waals surface area contributed by atoms with Crippen LogP contribution >= 0.6 is 11.6 Å². The largest absolute Gasteiger partial charge is 0.335 e. The first-order valence-corrected chi connectivity index (χ1v) is 8.03. The Balaban J connectivity index is 1.75. The number of hydrogen-bond acceptors (Lipinski definition) is 2. The highest BCUT2D eigenvalue weighted by molar-refractivity contribution is 6.31. The van der Waals surface area contributed by atoms with Gasteiger partial charge in [0.1, 0.15) is 0 Å². The summed E-state index contributed by atoms with van der Waals surface area (Å²) in [6, 6.07) is 5.26. The molecule has 0 saturated heterocycles. The number of amides is 3. The van der Waals surface area contributed by atoms with Crippen molar-refractivity contribution in [1.82, 2.24) is 10.6 Å². The molecule has 0 aromatic heterocycles. The van der Waals surface area contributed by atoms with Crippen molar-refractivity contribution in [3.05, 3.63) is 28.8 Å². The normalized spacial score (nSPS) is 15.2. The summed E-state index contributed by atoms with van der Waals surface area (Å²) in [6.45, 7) is 1.77. The van der Waals surface area contributed by atoms with Crippen molar-refractivity contribution in [3.63, 3.8) is 0 Å². The van der Waals surface area contributed by atoms with Crippen molar-refractivity contribution in [3.8, 4) is 0 Å². The van der Waals surface area contributed by atoms with Crippen LogP contribution < -0.4 is 16.0 Å². The van der Waals surface area contributed by atoms with Gasteiger partial charge in [-0.05, 0) is 37.5 Å². The number of hydrogen-bond donors (Lipinski definition) is 3. The summed E-state index contributed by atoms with van der Waals surface area (Å²) in [4.78, 5) is 23.6. The number of anilines is 1. The van der Waals surface area contributed by atoms with Gasteiger partial charge in [-0.3, -0.25) is 4.79 Å². The Morgan fingerprint density at radius 3 is 2.68 bits per heavy atom. The average Bonchev–Trinajstić information content (AvgIpc) is 2.51. The summed E-state index contributed by atoms with van der Waals surface area (Å²) < 4.78 is 0. The number of nitrogens with one attached hydrogen (secondary N) is 3. The molecule has 5 nitrogen and oxygen atoms in total. The minimum Gasteiger partial charge on any atom is -0.335 e. The van der Waals surface area contributed by atoms with Gasteiger partial charge in [-0.2, -0.15) is 0 Å². The number of carbonyl (C=O) groups is 2. The van der Waals surface area contributed by atoms with Crippen LogP contribution in [0.15, 0.2) is 18.2 Å². The Labute approximate surface area is 135 Å². The molecule has 0 bridgehead atoms. The third kappa shape index (κ3) is 4.91. The van der Waals surface area contributed by atoms with E-state index in [0.29, 0.717) is 10.7 Å². The van der Waals surface area contributed by atoms with Crippen molar-refractivity contribution >= 4 is 29.2 Å². The molecule has 1 aliphatic rings. The van der Waals surface area contributed by atoms with Crippen LogP contribution in [0.4, 0.5) is 10.5 Å². The van der Waals surface area contributed by atoms with Crippen LogP contribution in [0.3, 0.4) is 0 Å². The quantitative estimate of drug-likeness (QED) is 0.796. The number of rotatable bonds is 4. The van der Waals surface area contributed by atoms with Gasteiger partial charge in [0.2, 0.25) is 5.91 Å². The minimum atomic E-state index is -0.287. The molecule has 1 aromatic rings. The Morgan fingerprint density at radius 1 is 1.23 bits per heavy atom. The van der Waals surface area contributed by atoms with Crippen molar-refractivity contribution < 1.29 is 9.59 Å². The zero-order valence-electron chi connectivity index (χ0n) is 12.7. The highest BCUT2D eigenvalue weighted by Gasteiger charge is 2.16. The SMILES string of the molecule is Cc1c(Cl)cccc1NC(=O)CNC(=O)NC1CCCCC1. The summed E-state index contributed by atoms with van der Waals surface area (Å²) in [6.07, 6.45) is 5.57. The summed E-state index contributed by atoms with van der Waals surface area (Å²) in [5.74, 6) is -0.274. The standard InChI is InChI=1S/C16H22ClN3O2/c1-11-13(17)8-5-9-14(11)20-15(21)10-18-16(22)19-12-6-3-2-4-7-12/h5,8-9,12H,2-4,6-7,10H2,1H3,(H,20,21)(H2,18,19,22). The van der Waals surface area contributed by atoms with E-state index >= 15 is 0 Å². The molecule has 0 radical (unpaired) electrons. The van der Waals surface area contributed by atoms with E-state index in [1.54, 1.807) is 18.2 Å². The van der Waals surface area contributed by atoms with Crippen LogP contribution in [0.5, 0.6) is 0 Å². The smallest absolute Gasteiger partial charge is 0.315 e. The van der Waals surface area contributed by atoms with Gasteiger partial charge in [0.05, 0.1) is 6.54 Å². The number of carbonyl (C=O) groups excluding carboxylic acids is 2. The first-order chi connectivity index (χ1) is 10.6. The lowest BCUT2D eigenvalue weighted by atomic mass is 9.96. The fourth-order valence-corrected chi connectivity index (χ4v) is 2.76. The Bertz CT molecular complexity index is 542. The zero-order chi connectivity index (χ0) is 15.9. The fourth-order valence-electron chi connectivity index (χ4n) is 2.58. The van der Waals surface area contributed by atoms with Crippen LogP contribution in [0.1, 0.15) is 37.7 Å². The van der Waals surface area contributed by atoms with Crippen LogP contribution in [0.25, 0.3) is 0 Å². The topological polar surface area (TPSA) is 70.2 Å². The highest BCUT2D eigenvalue weighted by atomic mass is 35.5. The third-order valence-corrected chi connectivity index (χ3v) is 4.30. The molecule has 1 saturated carbocycles. The Kier molecular flexibility index (Phi) is 6.07. The van der Waals surface area contributed by atoms with E-state index in [1.807, 2.05) is 6.92 Å². The minimum absolute atomic E-state index is 0.0650. The molecule has 0 aliphatic heterocycles. The lowest BCUT2D eigenvalue weighted by Crippen LogP contribution is -2.45. The summed E-state index contributed by atoms with van der Waals surface area (Å²) in [7, 11) is 0. The number of benzene rings is 1. The van der Waals surface area contributed by atoms with Gasteiger partial charge in [0, 0.05) is 16.8 Å². The second-order valence-electron chi connectivity index (χ2n) is 5.62. The van der Waals surface area contributed by atoms with Gasteiger partial charge in [0.25, 0.3) is 0 Å². The van der Waals surface area contributed by atoms with Gasteiger partial charge in [-0.1, -0.05) is 36.9 Å². The maximum Gasteiger partial charge on any atom is 0.315 e. The molecule has 0 unspecified atom stereocenters. The fraction of sp³-hybridized carbons (Fsp3) is 0.500. The number of urea groups is 1. The molecule has 120 valence electrons. The molecule has 0 atom stereocenters. The molecular formula is C16H22ClN3O2. The highest BCUT2D eigenvalue weighted by Crippen LogP contribution is 2.22. The molecule has 0 spiro atoms.